The molecular formula is C14H25N3O2. The highest BCUT2D eigenvalue weighted by Gasteiger charge is 2.28. The minimum absolute atomic E-state index is 0.273. The van der Waals surface area contributed by atoms with E-state index in [1.165, 1.54) is 0 Å². The Morgan fingerprint density at radius 1 is 1.26 bits per heavy atom. The van der Waals surface area contributed by atoms with E-state index in [1.54, 1.807) is 0 Å². The second kappa shape index (κ2) is 6.68. The van der Waals surface area contributed by atoms with Crippen molar-refractivity contribution in [1.29, 1.82) is 0 Å². The van der Waals surface area contributed by atoms with Gasteiger partial charge in [0.2, 0.25) is 0 Å². The molecule has 0 fully saturated rings. The van der Waals surface area contributed by atoms with Crippen LogP contribution in [-0.4, -0.2) is 25.8 Å². The third kappa shape index (κ3) is 3.55. The van der Waals surface area contributed by atoms with Gasteiger partial charge in [0.1, 0.15) is 17.7 Å². The van der Waals surface area contributed by atoms with Crippen molar-refractivity contribution < 1.29 is 9.90 Å². The van der Waals surface area contributed by atoms with Crippen LogP contribution in [0.25, 0.3) is 0 Å². The molecule has 1 aromatic rings. The minimum atomic E-state index is -0.802. The number of aromatic nitrogens is 3. The first kappa shape index (κ1) is 15.7. The highest BCUT2D eigenvalue weighted by Crippen LogP contribution is 2.28. The van der Waals surface area contributed by atoms with Crippen LogP contribution >= 0.6 is 0 Å². The maximum Gasteiger partial charge on any atom is 0.326 e. The van der Waals surface area contributed by atoms with Crippen LogP contribution in [0, 0.1) is 12.8 Å². The van der Waals surface area contributed by atoms with Crippen LogP contribution in [0.4, 0.5) is 0 Å². The molecule has 1 aromatic heterocycles. The van der Waals surface area contributed by atoms with Crippen LogP contribution in [0.1, 0.15) is 70.6 Å². The van der Waals surface area contributed by atoms with Crippen molar-refractivity contribution in [2.24, 2.45) is 5.92 Å². The van der Waals surface area contributed by atoms with Gasteiger partial charge in [-0.2, -0.15) is 0 Å². The van der Waals surface area contributed by atoms with Crippen molar-refractivity contribution in [2.75, 3.05) is 0 Å². The van der Waals surface area contributed by atoms with E-state index in [9.17, 15) is 9.90 Å². The van der Waals surface area contributed by atoms with Crippen molar-refractivity contribution in [1.82, 2.24) is 14.8 Å². The molecule has 0 aliphatic carbocycles. The smallest absolute Gasteiger partial charge is 0.326 e. The number of hydrogen-bond donors (Lipinski definition) is 1. The molecule has 1 N–H and O–H groups in total. The van der Waals surface area contributed by atoms with E-state index < -0.39 is 12.0 Å². The molecule has 108 valence electrons. The van der Waals surface area contributed by atoms with E-state index in [1.807, 2.05) is 25.3 Å². The molecule has 5 nitrogen and oxygen atoms in total. The fourth-order valence-electron chi connectivity index (χ4n) is 2.47. The third-order valence-electron chi connectivity index (χ3n) is 3.53. The fraction of sp³-hybridized carbons (Fsp3) is 0.786. The lowest BCUT2D eigenvalue weighted by Crippen LogP contribution is -2.24. The van der Waals surface area contributed by atoms with Crippen LogP contribution in [0.15, 0.2) is 0 Å². The molecule has 0 aliphatic rings. The molecule has 5 heteroatoms. The highest BCUT2D eigenvalue weighted by molar-refractivity contribution is 5.72. The van der Waals surface area contributed by atoms with E-state index in [4.69, 9.17) is 0 Å². The molecular weight excluding hydrogens is 242 g/mol. The van der Waals surface area contributed by atoms with E-state index >= 15 is 0 Å². The molecule has 1 heterocycles. The lowest BCUT2D eigenvalue weighted by molar-refractivity contribution is -0.141. The van der Waals surface area contributed by atoms with Crippen molar-refractivity contribution in [3.05, 3.63) is 11.6 Å². The molecule has 19 heavy (non-hydrogen) atoms. The van der Waals surface area contributed by atoms with E-state index in [2.05, 4.69) is 24.0 Å². The Balaban J connectivity index is 3.21. The summed E-state index contributed by atoms with van der Waals surface area (Å²) in [5.74, 6) is 1.29. The molecule has 0 aromatic carbocycles. The van der Waals surface area contributed by atoms with Gasteiger partial charge >= 0.3 is 5.97 Å². The Bertz CT molecular complexity index is 422. The summed E-state index contributed by atoms with van der Waals surface area (Å²) < 4.78 is 1.82. The van der Waals surface area contributed by atoms with Crippen LogP contribution in [0.2, 0.25) is 0 Å². The first-order chi connectivity index (χ1) is 8.92. The molecule has 1 rings (SSSR count). The van der Waals surface area contributed by atoms with Crippen molar-refractivity contribution in [3.63, 3.8) is 0 Å². The number of carboxylic acids is 1. The standard InChI is InChI=1S/C14H25N3O2/c1-6-11(7-2)13-16-15-10(5)17(13)12(14(18)19)8-9(3)4/h9,11-12H,6-8H2,1-5H3,(H,18,19). The molecule has 0 saturated heterocycles. The molecule has 0 bridgehead atoms. The topological polar surface area (TPSA) is 68.0 Å². The number of hydrogen-bond acceptors (Lipinski definition) is 3. The number of aliphatic carboxylic acids is 1. The Morgan fingerprint density at radius 3 is 2.26 bits per heavy atom. The van der Waals surface area contributed by atoms with Gasteiger partial charge in [0, 0.05) is 5.92 Å². The zero-order valence-corrected chi connectivity index (χ0v) is 12.6. The van der Waals surface area contributed by atoms with Crippen LogP contribution < -0.4 is 0 Å². The summed E-state index contributed by atoms with van der Waals surface area (Å²) in [6.07, 6.45) is 2.49. The Morgan fingerprint density at radius 2 is 1.84 bits per heavy atom. The summed E-state index contributed by atoms with van der Waals surface area (Å²) in [7, 11) is 0. The number of nitrogens with zero attached hydrogens (tertiary/aromatic N) is 3. The summed E-state index contributed by atoms with van der Waals surface area (Å²) >= 11 is 0. The first-order valence-electron chi connectivity index (χ1n) is 7.06. The Labute approximate surface area is 115 Å². The fourth-order valence-corrected chi connectivity index (χ4v) is 2.47. The number of aryl methyl sites for hydroxylation is 1. The van der Waals surface area contributed by atoms with Crippen molar-refractivity contribution >= 4 is 5.97 Å². The number of carbonyl (C=O) groups is 1. The summed E-state index contributed by atoms with van der Waals surface area (Å²) in [5.41, 5.74) is 0. The molecule has 1 unspecified atom stereocenters. The van der Waals surface area contributed by atoms with Gasteiger partial charge in [-0.25, -0.2) is 4.79 Å². The summed E-state index contributed by atoms with van der Waals surface area (Å²) in [4.78, 5) is 11.6. The largest absolute Gasteiger partial charge is 0.480 e. The predicted octanol–water partition coefficient (Wildman–Crippen LogP) is 3.16. The minimum Gasteiger partial charge on any atom is -0.480 e. The highest BCUT2D eigenvalue weighted by atomic mass is 16.4. The average molecular weight is 267 g/mol. The van der Waals surface area contributed by atoms with Gasteiger partial charge in [-0.1, -0.05) is 27.7 Å². The van der Waals surface area contributed by atoms with Crippen LogP contribution in [0.3, 0.4) is 0 Å². The number of rotatable bonds is 7. The summed E-state index contributed by atoms with van der Waals surface area (Å²) in [6.45, 7) is 10.1. The van der Waals surface area contributed by atoms with E-state index in [0.717, 1.165) is 18.7 Å². The molecule has 0 aliphatic heterocycles. The number of carboxylic acid groups (broad SMARTS) is 1. The summed E-state index contributed by atoms with van der Waals surface area (Å²) in [5, 5.41) is 17.8. The average Bonchev–Trinajstić information content (AvgIpc) is 2.69. The second-order valence-corrected chi connectivity index (χ2v) is 5.47. The lowest BCUT2D eigenvalue weighted by atomic mass is 9.99. The van der Waals surface area contributed by atoms with Crippen LogP contribution in [0.5, 0.6) is 0 Å². The maximum atomic E-state index is 11.6. The van der Waals surface area contributed by atoms with Gasteiger partial charge in [0.05, 0.1) is 0 Å². The zero-order chi connectivity index (χ0) is 14.6. The zero-order valence-electron chi connectivity index (χ0n) is 12.6. The normalized spacial score (nSPS) is 13.2. The van der Waals surface area contributed by atoms with Gasteiger partial charge in [-0.15, -0.1) is 10.2 Å². The summed E-state index contributed by atoms with van der Waals surface area (Å²) in [6, 6.07) is -0.564. The van der Waals surface area contributed by atoms with Gasteiger partial charge in [0.25, 0.3) is 0 Å². The molecule has 0 amide bonds. The molecule has 0 saturated carbocycles. The van der Waals surface area contributed by atoms with Crippen LogP contribution in [-0.2, 0) is 4.79 Å². The van der Waals surface area contributed by atoms with Gasteiger partial charge in [-0.05, 0) is 32.1 Å². The van der Waals surface area contributed by atoms with Gasteiger partial charge in [-0.3, -0.25) is 0 Å². The Kier molecular flexibility index (Phi) is 5.51. The van der Waals surface area contributed by atoms with Crippen molar-refractivity contribution in [3.8, 4) is 0 Å². The molecule has 0 radical (unpaired) electrons. The maximum absolute atomic E-state index is 11.6. The quantitative estimate of drug-likeness (QED) is 0.824. The van der Waals surface area contributed by atoms with Gasteiger partial charge < -0.3 is 9.67 Å². The lowest BCUT2D eigenvalue weighted by Gasteiger charge is -2.22. The van der Waals surface area contributed by atoms with Crippen molar-refractivity contribution in [2.45, 2.75) is 65.8 Å². The molecule has 1 atom stereocenters. The predicted molar refractivity (Wildman–Crippen MR) is 74.2 cm³/mol. The van der Waals surface area contributed by atoms with Gasteiger partial charge in [0.15, 0.2) is 0 Å². The molecule has 0 spiro atoms. The first-order valence-corrected chi connectivity index (χ1v) is 7.06. The SMILES string of the molecule is CCC(CC)c1nnc(C)n1C(CC(C)C)C(=O)O. The monoisotopic (exact) mass is 267 g/mol. The second-order valence-electron chi connectivity index (χ2n) is 5.47. The van der Waals surface area contributed by atoms with E-state index in [-0.39, 0.29) is 5.92 Å². The Hall–Kier alpha value is -1.39. The van der Waals surface area contributed by atoms with E-state index in [0.29, 0.717) is 18.2 Å². The third-order valence-corrected chi connectivity index (χ3v) is 3.53.